The molecule has 0 radical (unpaired) electrons. The molecule has 1 aliphatic heterocycles. The van der Waals surface area contributed by atoms with Crippen LogP contribution in [0.4, 0.5) is 5.82 Å². The highest BCUT2D eigenvalue weighted by Gasteiger charge is 2.29. The van der Waals surface area contributed by atoms with Gasteiger partial charge in [-0.15, -0.1) is 24.8 Å². The lowest BCUT2D eigenvalue weighted by molar-refractivity contribution is -0.127. The topological polar surface area (TPSA) is 115 Å². The number of carbonyl (C=O) groups excluding carboxylic acids is 1. The molecule has 11 heteroatoms. The quantitative estimate of drug-likeness (QED) is 0.210. The number of aryl methyl sites for hydroxylation is 1. The van der Waals surface area contributed by atoms with E-state index in [0.29, 0.717) is 18.4 Å². The van der Waals surface area contributed by atoms with Crippen LogP contribution in [0.1, 0.15) is 93.2 Å². The number of nitrogens with one attached hydrogen (secondary N) is 4. The van der Waals surface area contributed by atoms with E-state index in [-0.39, 0.29) is 54.7 Å². The van der Waals surface area contributed by atoms with Crippen molar-refractivity contribution >= 4 is 53.4 Å². The summed E-state index contributed by atoms with van der Waals surface area (Å²) in [6, 6.07) is 6.43. The number of carbonyl (C=O) groups is 1. The number of hydrogen-bond acceptors (Lipinski definition) is 6. The van der Waals surface area contributed by atoms with Crippen molar-refractivity contribution in [1.29, 1.82) is 5.41 Å². The number of aromatic nitrogens is 2. The summed E-state index contributed by atoms with van der Waals surface area (Å²) in [7, 11) is 0. The van der Waals surface area contributed by atoms with Gasteiger partial charge in [-0.1, -0.05) is 50.2 Å². The van der Waals surface area contributed by atoms with Crippen LogP contribution >= 0.6 is 24.8 Å². The number of guanidine groups is 1. The number of amides is 1. The average molecular weight is 581 g/mol. The normalized spacial score (nSPS) is 22.1. The Hall–Kier alpha value is -2.36. The Bertz CT molecular complexity index is 1100. The fourth-order valence-corrected chi connectivity index (χ4v) is 5.80. The highest BCUT2D eigenvalue weighted by Crippen LogP contribution is 2.27. The Labute approximate surface area is 243 Å². The summed E-state index contributed by atoms with van der Waals surface area (Å²) in [5.41, 5.74) is 1.89. The Morgan fingerprint density at radius 2 is 1.64 bits per heavy atom. The summed E-state index contributed by atoms with van der Waals surface area (Å²) in [5.74, 6) is 1.04. The molecule has 216 valence electrons. The standard InChI is InChI=1S/C28H41N7O2.2ClH/c1-19-14-15-22-21(18-19)25(34-26(31-22)27(36)30-20-10-4-2-3-5-11-20)32-23-12-6-7-13-24(23)33-28(29)35-16-8-9-17-37-35;;/h14-15,18,20,23-24H,2-13,16-17H2,1H3,(H2,29,33)(H,30,36)(H,31,32,34);2*1H/t23-,24+;;/m0../s1. The number of benzene rings is 1. The SMILES string of the molecule is Cc1ccc2nc(C(=O)NC3CCCCCC3)nc(N[C@H]3CCCC[C@H]3NC(=N)N3CCCCO3)c2c1.Cl.Cl. The van der Waals surface area contributed by atoms with Crippen LogP contribution in [-0.4, -0.2) is 58.2 Å². The zero-order chi connectivity index (χ0) is 25.6. The van der Waals surface area contributed by atoms with E-state index in [4.69, 9.17) is 15.2 Å². The summed E-state index contributed by atoms with van der Waals surface area (Å²) in [6.45, 7) is 3.46. The highest BCUT2D eigenvalue weighted by molar-refractivity contribution is 5.96. The van der Waals surface area contributed by atoms with E-state index < -0.39 is 0 Å². The Kier molecular flexibility index (Phi) is 11.9. The molecule has 2 aliphatic carbocycles. The van der Waals surface area contributed by atoms with Gasteiger partial charge in [0.15, 0.2) is 0 Å². The summed E-state index contributed by atoms with van der Waals surface area (Å²) < 4.78 is 0. The third-order valence-corrected chi connectivity index (χ3v) is 7.91. The van der Waals surface area contributed by atoms with Crippen molar-refractivity contribution < 1.29 is 9.63 Å². The van der Waals surface area contributed by atoms with Crippen molar-refractivity contribution in [3.8, 4) is 0 Å². The molecule has 0 bridgehead atoms. The maximum absolute atomic E-state index is 13.2. The van der Waals surface area contributed by atoms with Crippen LogP contribution in [0.3, 0.4) is 0 Å². The van der Waals surface area contributed by atoms with Gasteiger partial charge in [-0.2, -0.15) is 0 Å². The minimum atomic E-state index is -0.195. The maximum Gasteiger partial charge on any atom is 0.289 e. The number of hydroxylamine groups is 2. The predicted octanol–water partition coefficient (Wildman–Crippen LogP) is 5.51. The predicted molar refractivity (Wildman–Crippen MR) is 160 cm³/mol. The maximum atomic E-state index is 13.2. The molecule has 1 saturated heterocycles. The van der Waals surface area contributed by atoms with Crippen molar-refractivity contribution in [2.45, 2.75) is 102 Å². The Balaban J connectivity index is 0.00000210. The Morgan fingerprint density at radius 3 is 2.36 bits per heavy atom. The van der Waals surface area contributed by atoms with Gasteiger partial charge >= 0.3 is 0 Å². The average Bonchev–Trinajstić information content (AvgIpc) is 3.19. The molecule has 1 aromatic heterocycles. The molecule has 2 atom stereocenters. The molecule has 2 saturated carbocycles. The fourth-order valence-electron chi connectivity index (χ4n) is 5.80. The minimum absolute atomic E-state index is 0. The molecule has 5 rings (SSSR count). The van der Waals surface area contributed by atoms with Gasteiger partial charge in [0.2, 0.25) is 11.8 Å². The third-order valence-electron chi connectivity index (χ3n) is 7.91. The summed E-state index contributed by atoms with van der Waals surface area (Å²) in [5, 5.41) is 21.4. The van der Waals surface area contributed by atoms with Crippen LogP contribution in [0.25, 0.3) is 10.9 Å². The van der Waals surface area contributed by atoms with Gasteiger partial charge < -0.3 is 16.0 Å². The molecular formula is C28H43Cl2N7O2. The third kappa shape index (κ3) is 8.08. The molecule has 2 heterocycles. The zero-order valence-electron chi connectivity index (χ0n) is 22.8. The van der Waals surface area contributed by atoms with E-state index in [1.807, 2.05) is 12.1 Å². The van der Waals surface area contributed by atoms with Crippen LogP contribution in [0.2, 0.25) is 0 Å². The van der Waals surface area contributed by atoms with E-state index in [0.717, 1.165) is 87.2 Å². The van der Waals surface area contributed by atoms with Gasteiger partial charge in [-0.3, -0.25) is 15.0 Å². The van der Waals surface area contributed by atoms with E-state index in [9.17, 15) is 4.79 Å². The second kappa shape index (κ2) is 14.9. The van der Waals surface area contributed by atoms with Crippen molar-refractivity contribution in [2.24, 2.45) is 0 Å². The molecule has 0 unspecified atom stereocenters. The fraction of sp³-hybridized carbons (Fsp3) is 0.643. The smallest absolute Gasteiger partial charge is 0.289 e. The second-order valence-corrected chi connectivity index (χ2v) is 10.9. The van der Waals surface area contributed by atoms with E-state index in [1.54, 1.807) is 5.06 Å². The summed E-state index contributed by atoms with van der Waals surface area (Å²) in [6.07, 6.45) is 13.1. The zero-order valence-corrected chi connectivity index (χ0v) is 24.5. The molecule has 0 spiro atoms. The van der Waals surface area contributed by atoms with Crippen LogP contribution in [0, 0.1) is 12.3 Å². The number of hydrogen-bond donors (Lipinski definition) is 4. The Morgan fingerprint density at radius 1 is 0.923 bits per heavy atom. The number of halogens is 2. The molecule has 3 fully saturated rings. The second-order valence-electron chi connectivity index (χ2n) is 10.9. The lowest BCUT2D eigenvalue weighted by Gasteiger charge is -2.36. The number of rotatable bonds is 5. The lowest BCUT2D eigenvalue weighted by atomic mass is 9.90. The van der Waals surface area contributed by atoms with Crippen LogP contribution < -0.4 is 16.0 Å². The molecule has 3 aliphatic rings. The van der Waals surface area contributed by atoms with E-state index >= 15 is 0 Å². The number of nitrogens with zero attached hydrogens (tertiary/aromatic N) is 3. The monoisotopic (exact) mass is 579 g/mol. The lowest BCUT2D eigenvalue weighted by Crippen LogP contribution is -2.53. The minimum Gasteiger partial charge on any atom is -0.365 e. The molecule has 2 aromatic rings. The van der Waals surface area contributed by atoms with Crippen LogP contribution in [-0.2, 0) is 4.84 Å². The van der Waals surface area contributed by atoms with Crippen LogP contribution in [0.5, 0.6) is 0 Å². The van der Waals surface area contributed by atoms with Crippen molar-refractivity contribution in [3.05, 3.63) is 29.6 Å². The first-order valence-corrected chi connectivity index (χ1v) is 14.2. The molecule has 1 amide bonds. The molecular weight excluding hydrogens is 537 g/mol. The van der Waals surface area contributed by atoms with E-state index in [1.165, 1.54) is 12.8 Å². The van der Waals surface area contributed by atoms with Gasteiger partial charge in [0.05, 0.1) is 12.1 Å². The highest BCUT2D eigenvalue weighted by atomic mass is 35.5. The molecule has 9 nitrogen and oxygen atoms in total. The van der Waals surface area contributed by atoms with E-state index in [2.05, 4.69) is 33.9 Å². The molecule has 39 heavy (non-hydrogen) atoms. The first-order valence-electron chi connectivity index (χ1n) is 14.2. The summed E-state index contributed by atoms with van der Waals surface area (Å²) >= 11 is 0. The van der Waals surface area contributed by atoms with Crippen LogP contribution in [0.15, 0.2) is 18.2 Å². The van der Waals surface area contributed by atoms with Crippen molar-refractivity contribution in [1.82, 2.24) is 25.7 Å². The van der Waals surface area contributed by atoms with Gasteiger partial charge in [0.1, 0.15) is 5.82 Å². The number of anilines is 1. The summed E-state index contributed by atoms with van der Waals surface area (Å²) in [4.78, 5) is 28.3. The first-order chi connectivity index (χ1) is 18.1. The molecule has 4 N–H and O–H groups in total. The van der Waals surface area contributed by atoms with Gasteiger partial charge in [0, 0.05) is 30.1 Å². The van der Waals surface area contributed by atoms with Gasteiger partial charge in [-0.25, -0.2) is 15.0 Å². The first kappa shape index (κ1) is 31.2. The number of fused-ring (bicyclic) bond motifs is 1. The van der Waals surface area contributed by atoms with Crippen molar-refractivity contribution in [3.63, 3.8) is 0 Å². The van der Waals surface area contributed by atoms with Crippen molar-refractivity contribution in [2.75, 3.05) is 18.5 Å². The molecule has 1 aromatic carbocycles. The van der Waals surface area contributed by atoms with Gasteiger partial charge in [0.25, 0.3) is 5.91 Å². The largest absolute Gasteiger partial charge is 0.365 e. The van der Waals surface area contributed by atoms with Gasteiger partial charge in [-0.05, 0) is 57.6 Å².